The van der Waals surface area contributed by atoms with E-state index in [2.05, 4.69) is 30.7 Å². The number of nitrogens with one attached hydrogen (secondary N) is 1. The summed E-state index contributed by atoms with van der Waals surface area (Å²) in [6, 6.07) is 1.41. The van der Waals surface area contributed by atoms with Crippen LogP contribution in [0.4, 0.5) is 0 Å². The fourth-order valence-corrected chi connectivity index (χ4v) is 3.51. The molecule has 0 atom stereocenters. The van der Waals surface area contributed by atoms with Gasteiger partial charge in [-0.1, -0.05) is 11.6 Å². The van der Waals surface area contributed by atoms with Gasteiger partial charge in [-0.05, 0) is 28.9 Å². The van der Waals surface area contributed by atoms with Crippen LogP contribution in [0.1, 0.15) is 11.3 Å². The maximum Gasteiger partial charge on any atom is 0.243 e. The highest BCUT2D eigenvalue weighted by Crippen LogP contribution is 2.22. The predicted molar refractivity (Wildman–Crippen MR) is 78.9 cm³/mol. The van der Waals surface area contributed by atoms with E-state index in [4.69, 9.17) is 11.6 Å². The molecule has 0 aliphatic rings. The summed E-state index contributed by atoms with van der Waals surface area (Å²) in [5.74, 6) is 0. The lowest BCUT2D eigenvalue weighted by Crippen LogP contribution is -2.24. The Balaban J connectivity index is 2.24. The van der Waals surface area contributed by atoms with Gasteiger partial charge in [0.25, 0.3) is 0 Å². The third-order valence-electron chi connectivity index (χ3n) is 2.85. The summed E-state index contributed by atoms with van der Waals surface area (Å²) in [5, 5.41) is 3.99. The highest BCUT2D eigenvalue weighted by Gasteiger charge is 2.19. The average Bonchev–Trinajstić information content (AvgIpc) is 2.70. The van der Waals surface area contributed by atoms with Crippen LogP contribution in [0.25, 0.3) is 0 Å². The molecule has 1 N–H and O–H groups in total. The third-order valence-corrected chi connectivity index (χ3v) is 5.11. The molecule has 0 saturated heterocycles. The summed E-state index contributed by atoms with van der Waals surface area (Å²) in [7, 11) is -1.94. The molecular formula is C11H12BrClN4O2S. The molecule has 0 bridgehead atoms. The van der Waals surface area contributed by atoms with Crippen LogP contribution in [0.3, 0.4) is 0 Å². The Kier molecular flexibility index (Phi) is 4.48. The Hall–Kier alpha value is -0.960. The Morgan fingerprint density at radius 3 is 2.75 bits per heavy atom. The van der Waals surface area contributed by atoms with E-state index in [0.29, 0.717) is 4.47 Å². The second-order valence-electron chi connectivity index (χ2n) is 4.15. The molecular weight excluding hydrogens is 368 g/mol. The van der Waals surface area contributed by atoms with Crippen molar-refractivity contribution in [2.45, 2.75) is 18.4 Å². The van der Waals surface area contributed by atoms with E-state index in [1.807, 2.05) is 6.92 Å². The molecule has 2 aromatic heterocycles. The molecule has 20 heavy (non-hydrogen) atoms. The van der Waals surface area contributed by atoms with Gasteiger partial charge in [-0.15, -0.1) is 0 Å². The molecule has 9 heteroatoms. The minimum atomic E-state index is -3.73. The van der Waals surface area contributed by atoms with E-state index in [9.17, 15) is 8.42 Å². The number of rotatable bonds is 4. The molecule has 0 saturated carbocycles. The summed E-state index contributed by atoms with van der Waals surface area (Å²) in [4.78, 5) is 3.74. The van der Waals surface area contributed by atoms with Crippen LogP contribution in [0, 0.1) is 6.92 Å². The average molecular weight is 380 g/mol. The Bertz CT molecular complexity index is 745. The number of nitrogens with zero attached hydrogens (tertiary/aromatic N) is 3. The SMILES string of the molecule is Cc1c(CNS(=O)(=O)c2cc(Br)cnc2Cl)cnn1C. The number of sulfonamides is 1. The van der Waals surface area contributed by atoms with Crippen LogP contribution < -0.4 is 4.72 Å². The minimum absolute atomic E-state index is 0.0601. The van der Waals surface area contributed by atoms with Crippen molar-refractivity contribution in [3.8, 4) is 0 Å². The van der Waals surface area contributed by atoms with Crippen molar-refractivity contribution in [3.05, 3.63) is 39.3 Å². The van der Waals surface area contributed by atoms with Gasteiger partial charge in [0.1, 0.15) is 10.0 Å². The summed E-state index contributed by atoms with van der Waals surface area (Å²) in [6.45, 7) is 2.01. The monoisotopic (exact) mass is 378 g/mol. The van der Waals surface area contributed by atoms with Crippen molar-refractivity contribution in [1.29, 1.82) is 0 Å². The molecule has 0 aliphatic carbocycles. The second kappa shape index (κ2) is 5.80. The molecule has 2 rings (SSSR count). The smallest absolute Gasteiger partial charge is 0.243 e. The Morgan fingerprint density at radius 2 is 2.15 bits per heavy atom. The zero-order valence-electron chi connectivity index (χ0n) is 10.8. The van der Waals surface area contributed by atoms with E-state index < -0.39 is 10.0 Å². The number of hydrogen-bond donors (Lipinski definition) is 1. The molecule has 0 unspecified atom stereocenters. The van der Waals surface area contributed by atoms with E-state index in [1.165, 1.54) is 12.3 Å². The molecule has 0 amide bonds. The van der Waals surface area contributed by atoms with Crippen LogP contribution in [-0.2, 0) is 23.6 Å². The summed E-state index contributed by atoms with van der Waals surface area (Å²) in [6.07, 6.45) is 3.06. The highest BCUT2D eigenvalue weighted by atomic mass is 79.9. The van der Waals surface area contributed by atoms with Gasteiger partial charge in [0.15, 0.2) is 0 Å². The molecule has 0 aliphatic heterocycles. The van der Waals surface area contributed by atoms with Gasteiger partial charge < -0.3 is 0 Å². The van der Waals surface area contributed by atoms with Gasteiger partial charge in [0, 0.05) is 35.5 Å². The first-order chi connectivity index (χ1) is 9.31. The summed E-state index contributed by atoms with van der Waals surface area (Å²) >= 11 is 9.00. The van der Waals surface area contributed by atoms with E-state index in [0.717, 1.165) is 11.3 Å². The number of halogens is 2. The normalized spacial score (nSPS) is 11.8. The quantitative estimate of drug-likeness (QED) is 0.825. The van der Waals surface area contributed by atoms with Crippen molar-refractivity contribution in [3.63, 3.8) is 0 Å². The maximum absolute atomic E-state index is 12.2. The molecule has 2 heterocycles. The first-order valence-electron chi connectivity index (χ1n) is 5.59. The van der Waals surface area contributed by atoms with Crippen LogP contribution in [0.15, 0.2) is 27.8 Å². The van der Waals surface area contributed by atoms with Crippen LogP contribution in [0.2, 0.25) is 5.15 Å². The summed E-state index contributed by atoms with van der Waals surface area (Å²) in [5.41, 5.74) is 1.70. The minimum Gasteiger partial charge on any atom is -0.273 e. The first-order valence-corrected chi connectivity index (χ1v) is 8.25. The van der Waals surface area contributed by atoms with Gasteiger partial charge in [0.2, 0.25) is 10.0 Å². The maximum atomic E-state index is 12.2. The van der Waals surface area contributed by atoms with Crippen molar-refractivity contribution < 1.29 is 8.42 Å². The highest BCUT2D eigenvalue weighted by molar-refractivity contribution is 9.10. The number of aryl methyl sites for hydroxylation is 1. The lowest BCUT2D eigenvalue weighted by atomic mass is 10.3. The largest absolute Gasteiger partial charge is 0.273 e. The lowest BCUT2D eigenvalue weighted by molar-refractivity contribution is 0.580. The summed E-state index contributed by atoms with van der Waals surface area (Å²) < 4.78 is 29.1. The fraction of sp³-hybridized carbons (Fsp3) is 0.273. The fourth-order valence-electron chi connectivity index (χ4n) is 1.56. The van der Waals surface area contributed by atoms with Crippen LogP contribution >= 0.6 is 27.5 Å². The molecule has 2 aromatic rings. The molecule has 0 fully saturated rings. The van der Waals surface area contributed by atoms with Crippen molar-refractivity contribution in [1.82, 2.24) is 19.5 Å². The zero-order valence-corrected chi connectivity index (χ0v) is 13.9. The topological polar surface area (TPSA) is 76.9 Å². The second-order valence-corrected chi connectivity index (χ2v) is 7.15. The van der Waals surface area contributed by atoms with E-state index in [-0.39, 0.29) is 16.6 Å². The number of hydrogen-bond acceptors (Lipinski definition) is 4. The third kappa shape index (κ3) is 3.20. The van der Waals surface area contributed by atoms with Crippen LogP contribution in [-0.4, -0.2) is 23.2 Å². The molecule has 108 valence electrons. The van der Waals surface area contributed by atoms with E-state index in [1.54, 1.807) is 17.9 Å². The number of aromatic nitrogens is 3. The van der Waals surface area contributed by atoms with Gasteiger partial charge >= 0.3 is 0 Å². The van der Waals surface area contributed by atoms with Gasteiger partial charge in [-0.25, -0.2) is 18.1 Å². The molecule has 6 nitrogen and oxygen atoms in total. The van der Waals surface area contributed by atoms with Gasteiger partial charge in [-0.2, -0.15) is 5.10 Å². The zero-order chi connectivity index (χ0) is 14.9. The Labute approximate surface area is 130 Å². The predicted octanol–water partition coefficient (Wildman–Crippen LogP) is 2.02. The lowest BCUT2D eigenvalue weighted by Gasteiger charge is -2.08. The first kappa shape index (κ1) is 15.4. The van der Waals surface area contributed by atoms with E-state index >= 15 is 0 Å². The van der Waals surface area contributed by atoms with Gasteiger partial charge in [-0.3, -0.25) is 4.68 Å². The standard InChI is InChI=1S/C11H12BrClN4O2S/c1-7-8(4-15-17(7)2)5-16-20(18,19)10-3-9(12)6-14-11(10)13/h3-4,6,16H,5H2,1-2H3. The molecule has 0 spiro atoms. The van der Waals surface area contributed by atoms with Crippen molar-refractivity contribution >= 4 is 37.6 Å². The molecule has 0 aromatic carbocycles. The van der Waals surface area contributed by atoms with Crippen molar-refractivity contribution in [2.24, 2.45) is 7.05 Å². The van der Waals surface area contributed by atoms with Gasteiger partial charge in [0.05, 0.1) is 6.20 Å². The van der Waals surface area contributed by atoms with Crippen molar-refractivity contribution in [2.75, 3.05) is 0 Å². The Morgan fingerprint density at radius 1 is 1.45 bits per heavy atom. The molecule has 0 radical (unpaired) electrons. The van der Waals surface area contributed by atoms with Crippen LogP contribution in [0.5, 0.6) is 0 Å². The number of pyridine rings is 1.